The fourth-order valence-electron chi connectivity index (χ4n) is 3.15. The highest BCUT2D eigenvalue weighted by Crippen LogP contribution is 2.38. The molecule has 0 fully saturated rings. The first-order chi connectivity index (χ1) is 13.3. The summed E-state index contributed by atoms with van der Waals surface area (Å²) < 4.78 is 31.7. The van der Waals surface area contributed by atoms with Crippen LogP contribution < -0.4 is 4.72 Å². The molecule has 2 unspecified atom stereocenters. The second-order valence-electron chi connectivity index (χ2n) is 6.34. The van der Waals surface area contributed by atoms with Gasteiger partial charge in [0.15, 0.2) is 0 Å². The lowest BCUT2D eigenvalue weighted by Gasteiger charge is -2.16. The molecule has 0 saturated heterocycles. The first-order valence-electron chi connectivity index (χ1n) is 8.54. The van der Waals surface area contributed by atoms with Crippen molar-refractivity contribution in [3.8, 4) is 0 Å². The van der Waals surface area contributed by atoms with Crippen molar-refractivity contribution in [2.75, 3.05) is 0 Å². The van der Waals surface area contributed by atoms with Crippen LogP contribution in [0.25, 0.3) is 5.57 Å². The van der Waals surface area contributed by atoms with Crippen molar-refractivity contribution in [2.45, 2.75) is 18.1 Å². The van der Waals surface area contributed by atoms with E-state index in [9.17, 15) is 18.0 Å². The van der Waals surface area contributed by atoms with Gasteiger partial charge in [-0.2, -0.15) is 0 Å². The first kappa shape index (κ1) is 19.6. The fraction of sp³-hybridized carbons (Fsp3) is 0.143. The Morgan fingerprint density at radius 1 is 1.14 bits per heavy atom. The Bertz CT molecular complexity index is 1040. The fourth-order valence-corrected chi connectivity index (χ4v) is 4.45. The maximum Gasteiger partial charge on any atom is 0.322 e. The quantitative estimate of drug-likeness (QED) is 0.598. The van der Waals surface area contributed by atoms with Gasteiger partial charge in [0.1, 0.15) is 11.2 Å². The maximum atomic E-state index is 12.3. The van der Waals surface area contributed by atoms with E-state index in [-0.39, 0.29) is 5.97 Å². The molecule has 1 amide bonds. The lowest BCUT2D eigenvalue weighted by molar-refractivity contribution is -0.136. The Labute approximate surface area is 163 Å². The van der Waals surface area contributed by atoms with Crippen LogP contribution in [0.15, 0.2) is 73.5 Å². The summed E-state index contributed by atoms with van der Waals surface area (Å²) in [4.78, 5) is 23.4. The number of nitrogens with one attached hydrogen (secondary N) is 1. The van der Waals surface area contributed by atoms with Gasteiger partial charge in [0.25, 0.3) is 0 Å². The van der Waals surface area contributed by atoms with Crippen LogP contribution in [0.1, 0.15) is 34.8 Å². The standard InChI is InChI=1S/C21H19NO5S/c1-3-19(28(25,26)22-14(2)23)16-11-9-15(10-12-16)18-13-27-21(24)20(18)17-7-5-4-6-8-17/h3-13,19-20H,1H2,2H3,(H,22,23). The number of sulfonamides is 1. The molecule has 7 heteroatoms. The van der Waals surface area contributed by atoms with E-state index in [1.54, 1.807) is 24.3 Å². The van der Waals surface area contributed by atoms with E-state index in [4.69, 9.17) is 4.74 Å². The van der Waals surface area contributed by atoms with Crippen molar-refractivity contribution in [3.05, 3.63) is 90.2 Å². The smallest absolute Gasteiger partial charge is 0.322 e. The molecular weight excluding hydrogens is 378 g/mol. The highest BCUT2D eigenvalue weighted by Gasteiger charge is 2.33. The van der Waals surface area contributed by atoms with Gasteiger partial charge in [0.2, 0.25) is 15.9 Å². The Morgan fingerprint density at radius 2 is 1.79 bits per heavy atom. The van der Waals surface area contributed by atoms with Crippen LogP contribution in [0.5, 0.6) is 0 Å². The van der Waals surface area contributed by atoms with Crippen molar-refractivity contribution in [1.29, 1.82) is 0 Å². The van der Waals surface area contributed by atoms with Gasteiger partial charge in [-0.25, -0.2) is 8.42 Å². The molecule has 28 heavy (non-hydrogen) atoms. The van der Waals surface area contributed by atoms with E-state index in [1.807, 2.05) is 35.1 Å². The number of amides is 1. The summed E-state index contributed by atoms with van der Waals surface area (Å²) in [5.74, 6) is -1.56. The lowest BCUT2D eigenvalue weighted by atomic mass is 9.88. The summed E-state index contributed by atoms with van der Waals surface area (Å²) in [7, 11) is -3.93. The van der Waals surface area contributed by atoms with Gasteiger partial charge >= 0.3 is 5.97 Å². The zero-order valence-corrected chi connectivity index (χ0v) is 16.0. The van der Waals surface area contributed by atoms with Gasteiger partial charge < -0.3 is 4.74 Å². The van der Waals surface area contributed by atoms with Gasteiger partial charge in [-0.05, 0) is 16.7 Å². The third-order valence-electron chi connectivity index (χ3n) is 4.39. The second kappa shape index (κ2) is 7.82. The average molecular weight is 397 g/mol. The van der Waals surface area contributed by atoms with Crippen molar-refractivity contribution in [2.24, 2.45) is 0 Å². The number of hydrogen-bond acceptors (Lipinski definition) is 5. The molecule has 1 heterocycles. The van der Waals surface area contributed by atoms with E-state index >= 15 is 0 Å². The van der Waals surface area contributed by atoms with Crippen LogP contribution in [0.2, 0.25) is 0 Å². The number of carbonyl (C=O) groups excluding carboxylic acids is 2. The molecule has 0 bridgehead atoms. The van der Waals surface area contributed by atoms with Gasteiger partial charge in [0, 0.05) is 12.5 Å². The largest absolute Gasteiger partial charge is 0.433 e. The van der Waals surface area contributed by atoms with Crippen LogP contribution in [0.4, 0.5) is 0 Å². The van der Waals surface area contributed by atoms with Crippen molar-refractivity contribution >= 4 is 27.5 Å². The number of esters is 1. The second-order valence-corrected chi connectivity index (χ2v) is 8.14. The predicted octanol–water partition coefficient (Wildman–Crippen LogP) is 3.06. The SMILES string of the molecule is C=CC(c1ccc(C2=COC(=O)C2c2ccccc2)cc1)S(=O)(=O)NC(C)=O. The Kier molecular flexibility index (Phi) is 5.46. The predicted molar refractivity (Wildman–Crippen MR) is 105 cm³/mol. The molecule has 2 atom stereocenters. The summed E-state index contributed by atoms with van der Waals surface area (Å²) in [6, 6.07) is 16.0. The Balaban J connectivity index is 1.91. The minimum Gasteiger partial charge on any atom is -0.433 e. The van der Waals surface area contributed by atoms with Crippen LogP contribution >= 0.6 is 0 Å². The molecule has 2 aromatic carbocycles. The van der Waals surface area contributed by atoms with E-state index in [0.29, 0.717) is 11.1 Å². The van der Waals surface area contributed by atoms with Crippen LogP contribution in [0, 0.1) is 0 Å². The number of benzene rings is 2. The zero-order chi connectivity index (χ0) is 20.3. The molecule has 0 aliphatic carbocycles. The molecule has 0 saturated carbocycles. The number of ether oxygens (including phenoxy) is 1. The number of rotatable bonds is 6. The molecule has 0 radical (unpaired) electrons. The molecule has 0 spiro atoms. The van der Waals surface area contributed by atoms with Gasteiger partial charge in [-0.1, -0.05) is 60.7 Å². The summed E-state index contributed by atoms with van der Waals surface area (Å²) in [5, 5.41) is -1.08. The number of hydrogen-bond donors (Lipinski definition) is 1. The molecule has 6 nitrogen and oxygen atoms in total. The summed E-state index contributed by atoms with van der Waals surface area (Å²) in [5.41, 5.74) is 2.71. The summed E-state index contributed by atoms with van der Waals surface area (Å²) >= 11 is 0. The Hall–Kier alpha value is -3.19. The third kappa shape index (κ3) is 3.89. The molecule has 144 valence electrons. The van der Waals surface area contributed by atoms with E-state index in [0.717, 1.165) is 18.1 Å². The van der Waals surface area contributed by atoms with E-state index in [2.05, 4.69) is 6.58 Å². The van der Waals surface area contributed by atoms with E-state index < -0.39 is 27.1 Å². The van der Waals surface area contributed by atoms with Gasteiger partial charge in [-0.15, -0.1) is 6.58 Å². The topological polar surface area (TPSA) is 89.5 Å². The first-order valence-corrected chi connectivity index (χ1v) is 10.1. The Morgan fingerprint density at radius 3 is 2.36 bits per heavy atom. The monoisotopic (exact) mass is 397 g/mol. The molecule has 1 aliphatic heterocycles. The van der Waals surface area contributed by atoms with Crippen molar-refractivity contribution < 1.29 is 22.7 Å². The van der Waals surface area contributed by atoms with E-state index in [1.165, 1.54) is 12.3 Å². The molecule has 0 aromatic heterocycles. The lowest BCUT2D eigenvalue weighted by Crippen LogP contribution is -2.32. The number of carbonyl (C=O) groups is 2. The van der Waals surface area contributed by atoms with Crippen molar-refractivity contribution in [3.63, 3.8) is 0 Å². The maximum absolute atomic E-state index is 12.3. The number of cyclic esters (lactones) is 1. The highest BCUT2D eigenvalue weighted by atomic mass is 32.2. The minimum atomic E-state index is -3.93. The molecule has 3 rings (SSSR count). The van der Waals surface area contributed by atoms with Crippen LogP contribution in [-0.4, -0.2) is 20.3 Å². The average Bonchev–Trinajstić information content (AvgIpc) is 3.04. The highest BCUT2D eigenvalue weighted by molar-refractivity contribution is 7.90. The zero-order valence-electron chi connectivity index (χ0n) is 15.2. The third-order valence-corrected chi connectivity index (χ3v) is 6.09. The van der Waals surface area contributed by atoms with Gasteiger partial charge in [-0.3, -0.25) is 14.3 Å². The van der Waals surface area contributed by atoms with Crippen LogP contribution in [0.3, 0.4) is 0 Å². The van der Waals surface area contributed by atoms with Crippen LogP contribution in [-0.2, 0) is 24.3 Å². The van der Waals surface area contributed by atoms with Crippen molar-refractivity contribution in [1.82, 2.24) is 4.72 Å². The minimum absolute atomic E-state index is 0.359. The molecule has 1 N–H and O–H groups in total. The summed E-state index contributed by atoms with van der Waals surface area (Å²) in [6.45, 7) is 4.70. The van der Waals surface area contributed by atoms with Gasteiger partial charge in [0.05, 0.1) is 6.26 Å². The molecule has 1 aliphatic rings. The summed E-state index contributed by atoms with van der Waals surface area (Å²) in [6.07, 6.45) is 2.68. The molecular formula is C21H19NO5S. The molecule has 2 aromatic rings. The normalized spacial score (nSPS) is 17.4.